The molecule has 0 saturated carbocycles. The van der Waals surface area contributed by atoms with Crippen LogP contribution >= 0.6 is 9.24 Å². The average Bonchev–Trinajstić information content (AvgIpc) is 2.86. The number of halogens is 4. The lowest BCUT2D eigenvalue weighted by molar-refractivity contribution is 0.270. The summed E-state index contributed by atoms with van der Waals surface area (Å²) < 4.78 is 39.0. The summed E-state index contributed by atoms with van der Waals surface area (Å²) in [4.78, 5) is 0. The Hall–Kier alpha value is 0.215. The van der Waals surface area contributed by atoms with Crippen molar-refractivity contribution in [3.8, 4) is 0 Å². The van der Waals surface area contributed by atoms with Crippen molar-refractivity contribution in [2.45, 2.75) is 200 Å². The van der Waals surface area contributed by atoms with Gasteiger partial charge in [-0.15, -0.1) is 0 Å². The van der Waals surface area contributed by atoms with E-state index < -0.39 is 7.25 Å². The van der Waals surface area contributed by atoms with Crippen LogP contribution in [0, 0.1) is 5.92 Å². The fraction of sp³-hybridized carbons (Fsp3) is 1.00. The SMILES string of the molecule is CCCCCCCCCCCCC(CCCCCC)C([PH3+])(CCCCCC)CCCCCC.F[B-](F)(F)F. The summed E-state index contributed by atoms with van der Waals surface area (Å²) in [6, 6.07) is 0. The molecule has 0 aromatic heterocycles. The molecule has 0 amide bonds. The lowest BCUT2D eigenvalue weighted by atomic mass is 9.77. The molecule has 0 aromatic rings. The zero-order valence-corrected chi connectivity index (χ0v) is 27.7. The second-order valence-corrected chi connectivity index (χ2v) is 13.4. The third-order valence-corrected chi connectivity index (χ3v) is 9.52. The summed E-state index contributed by atoms with van der Waals surface area (Å²) in [6.07, 6.45) is 38.0. The first-order valence-electron chi connectivity index (χ1n) is 16.9. The maximum Gasteiger partial charge on any atom is 0.673 e. The van der Waals surface area contributed by atoms with Gasteiger partial charge in [-0.3, -0.25) is 0 Å². The second-order valence-electron chi connectivity index (χ2n) is 12.0. The monoisotopic (exact) mass is 571 g/mol. The van der Waals surface area contributed by atoms with E-state index in [2.05, 4.69) is 36.9 Å². The number of hydrogen-bond donors (Lipinski definition) is 0. The molecule has 0 aliphatic carbocycles. The largest absolute Gasteiger partial charge is 0.673 e. The van der Waals surface area contributed by atoms with Crippen LogP contribution in [0.5, 0.6) is 0 Å². The molecular weight excluding hydrogens is 502 g/mol. The predicted octanol–water partition coefficient (Wildman–Crippen LogP) is 13.5. The Bertz CT molecular complexity index is 441. The van der Waals surface area contributed by atoms with Gasteiger partial charge in [-0.05, 0) is 53.7 Å². The topological polar surface area (TPSA) is 0 Å². The van der Waals surface area contributed by atoms with Crippen molar-refractivity contribution < 1.29 is 17.3 Å². The van der Waals surface area contributed by atoms with Gasteiger partial charge in [0.15, 0.2) is 0 Å². The van der Waals surface area contributed by atoms with Crippen LogP contribution in [-0.4, -0.2) is 12.4 Å². The molecule has 0 nitrogen and oxygen atoms in total. The summed E-state index contributed by atoms with van der Waals surface area (Å²) in [6.45, 7) is 9.38. The summed E-state index contributed by atoms with van der Waals surface area (Å²) in [7, 11) is -3.54. The van der Waals surface area contributed by atoms with Crippen molar-refractivity contribution in [2.24, 2.45) is 5.92 Å². The van der Waals surface area contributed by atoms with E-state index in [0.717, 1.165) is 5.92 Å². The molecule has 0 rings (SSSR count). The minimum Gasteiger partial charge on any atom is -0.418 e. The van der Waals surface area contributed by atoms with Gasteiger partial charge in [0.05, 0.1) is 5.16 Å². The third-order valence-electron chi connectivity index (χ3n) is 8.23. The van der Waals surface area contributed by atoms with Gasteiger partial charge in [0.25, 0.3) is 0 Å². The molecule has 38 heavy (non-hydrogen) atoms. The van der Waals surface area contributed by atoms with Crippen molar-refractivity contribution in [1.82, 2.24) is 0 Å². The molecule has 0 N–H and O–H groups in total. The molecule has 0 bridgehead atoms. The van der Waals surface area contributed by atoms with E-state index in [4.69, 9.17) is 0 Å². The number of unbranched alkanes of at least 4 members (excludes halogenated alkanes) is 18. The maximum absolute atomic E-state index is 9.75. The van der Waals surface area contributed by atoms with Gasteiger partial charge in [-0.25, -0.2) is 0 Å². The minimum atomic E-state index is -6.00. The zero-order valence-electron chi connectivity index (χ0n) is 26.3. The first-order chi connectivity index (χ1) is 18.1. The lowest BCUT2D eigenvalue weighted by Crippen LogP contribution is -2.32. The van der Waals surface area contributed by atoms with Gasteiger partial charge in [0.2, 0.25) is 0 Å². The fourth-order valence-electron chi connectivity index (χ4n) is 5.79. The van der Waals surface area contributed by atoms with E-state index in [9.17, 15) is 17.3 Å². The molecule has 0 spiro atoms. The predicted molar refractivity (Wildman–Crippen MR) is 170 cm³/mol. The van der Waals surface area contributed by atoms with Crippen molar-refractivity contribution in [2.75, 3.05) is 0 Å². The molecule has 0 radical (unpaired) electrons. The number of rotatable bonds is 27. The Morgan fingerprint density at radius 1 is 0.447 bits per heavy atom. The standard InChI is InChI=1S/C32H67P.BF4/c1-5-9-13-17-18-19-20-21-22-24-28-31(27-23-14-10-6-2)32(33,29-25-15-11-7-3)30-26-16-12-8-4;2-1(3,4)5/h31H,5-30,33H2,1-4H3;/q;-1/p+1. The highest BCUT2D eigenvalue weighted by Crippen LogP contribution is 2.44. The summed E-state index contributed by atoms with van der Waals surface area (Å²) >= 11 is 0. The quantitative estimate of drug-likeness (QED) is 0.0399. The van der Waals surface area contributed by atoms with E-state index >= 15 is 0 Å². The normalized spacial score (nSPS) is 12.9. The Kier molecular flexibility index (Phi) is 30.5. The van der Waals surface area contributed by atoms with Crippen molar-refractivity contribution >= 4 is 16.5 Å². The van der Waals surface area contributed by atoms with Gasteiger partial charge in [-0.2, -0.15) is 0 Å². The van der Waals surface area contributed by atoms with E-state index in [1.165, 1.54) is 167 Å². The van der Waals surface area contributed by atoms with E-state index in [1.807, 2.05) is 0 Å². The van der Waals surface area contributed by atoms with Crippen LogP contribution in [0.2, 0.25) is 0 Å². The average molecular weight is 571 g/mol. The van der Waals surface area contributed by atoms with Crippen LogP contribution in [0.1, 0.15) is 195 Å². The van der Waals surface area contributed by atoms with E-state index in [1.54, 1.807) is 0 Å². The Labute approximate surface area is 239 Å². The first kappa shape index (κ1) is 40.4. The molecule has 0 aromatic carbocycles. The molecule has 0 heterocycles. The molecule has 6 heteroatoms. The first-order valence-corrected chi connectivity index (χ1v) is 17.6. The third kappa shape index (κ3) is 30.8. The molecule has 0 aliphatic heterocycles. The second kappa shape index (κ2) is 28.7. The van der Waals surface area contributed by atoms with Crippen LogP contribution in [0.3, 0.4) is 0 Å². The summed E-state index contributed by atoms with van der Waals surface area (Å²) in [5.41, 5.74) is 0. The van der Waals surface area contributed by atoms with Crippen LogP contribution in [0.4, 0.5) is 17.3 Å². The maximum atomic E-state index is 9.75. The zero-order chi connectivity index (χ0) is 29.0. The summed E-state index contributed by atoms with van der Waals surface area (Å²) in [5.74, 6) is 0.991. The molecule has 232 valence electrons. The molecule has 0 saturated heterocycles. The van der Waals surface area contributed by atoms with E-state index in [-0.39, 0.29) is 0 Å². The molecular formula is C32H68BF4P. The highest BCUT2D eigenvalue weighted by molar-refractivity contribution is 7.19. The van der Waals surface area contributed by atoms with Crippen molar-refractivity contribution in [1.29, 1.82) is 0 Å². The van der Waals surface area contributed by atoms with Crippen LogP contribution in [-0.2, 0) is 0 Å². The number of hydrogen-bond acceptors (Lipinski definition) is 0. The molecule has 2 atom stereocenters. The van der Waals surface area contributed by atoms with Gasteiger partial charge in [0.1, 0.15) is 0 Å². The Morgan fingerprint density at radius 2 is 0.684 bits per heavy atom. The van der Waals surface area contributed by atoms with Crippen molar-refractivity contribution in [3.63, 3.8) is 0 Å². The molecule has 0 fully saturated rings. The fourth-order valence-corrected chi connectivity index (χ4v) is 6.70. The Balaban J connectivity index is 0. The molecule has 0 aliphatic rings. The van der Waals surface area contributed by atoms with Gasteiger partial charge in [-0.1, -0.05) is 156 Å². The highest BCUT2D eigenvalue weighted by Gasteiger charge is 2.37. The van der Waals surface area contributed by atoms with Crippen molar-refractivity contribution in [3.05, 3.63) is 0 Å². The van der Waals surface area contributed by atoms with Crippen LogP contribution in [0.15, 0.2) is 0 Å². The highest BCUT2D eigenvalue weighted by atomic mass is 31.0. The van der Waals surface area contributed by atoms with Gasteiger partial charge < -0.3 is 17.3 Å². The summed E-state index contributed by atoms with van der Waals surface area (Å²) in [5, 5.41) is 0.632. The molecule has 2 unspecified atom stereocenters. The van der Waals surface area contributed by atoms with E-state index in [0.29, 0.717) is 5.16 Å². The lowest BCUT2D eigenvalue weighted by Gasteiger charge is -2.34. The minimum absolute atomic E-state index is 0.632. The van der Waals surface area contributed by atoms with Gasteiger partial charge >= 0.3 is 7.25 Å². The Morgan fingerprint density at radius 3 is 1.00 bits per heavy atom. The van der Waals surface area contributed by atoms with Gasteiger partial charge in [0, 0.05) is 0 Å². The van der Waals surface area contributed by atoms with Crippen LogP contribution < -0.4 is 0 Å². The smallest absolute Gasteiger partial charge is 0.418 e. The van der Waals surface area contributed by atoms with Crippen LogP contribution in [0.25, 0.3) is 0 Å².